The van der Waals surface area contributed by atoms with Crippen LogP contribution in [0.2, 0.25) is 0 Å². The van der Waals surface area contributed by atoms with Gasteiger partial charge < -0.3 is 5.11 Å². The molecule has 0 aliphatic rings. The zero-order chi connectivity index (χ0) is 21.4. The molecule has 0 saturated carbocycles. The molecule has 1 N–H and O–H groups in total. The zero-order valence-electron chi connectivity index (χ0n) is 13.7. The van der Waals surface area contributed by atoms with Gasteiger partial charge in [0.1, 0.15) is 0 Å². The van der Waals surface area contributed by atoms with Gasteiger partial charge in [-0.25, -0.2) is 4.98 Å². The number of carbonyl (C=O) groups is 1. The first-order chi connectivity index (χ1) is 13.4. The third kappa shape index (κ3) is 5.23. The number of aromatic nitrogens is 5. The third-order valence-corrected chi connectivity index (χ3v) is 5.04. The van der Waals surface area contributed by atoms with Gasteiger partial charge in [0.25, 0.3) is 0 Å². The van der Waals surface area contributed by atoms with E-state index in [-0.39, 0.29) is 26.8 Å². The fraction of sp³-hybridized carbons (Fsp3) is 0.214. The summed E-state index contributed by atoms with van der Waals surface area (Å²) in [5.41, 5.74) is -3.32. The molecule has 0 aliphatic carbocycles. The smallest absolute Gasteiger partial charge is 0.416 e. The number of rotatable bonds is 5. The number of carboxylic acids is 1. The highest BCUT2D eigenvalue weighted by molar-refractivity contribution is 8.00. The number of aliphatic carboxylic acids is 1. The lowest BCUT2D eigenvalue weighted by Crippen LogP contribution is -2.11. The van der Waals surface area contributed by atoms with Crippen LogP contribution in [0.25, 0.3) is 11.3 Å². The molecule has 0 radical (unpaired) electrons. The van der Waals surface area contributed by atoms with E-state index in [1.807, 2.05) is 0 Å². The lowest BCUT2D eigenvalue weighted by atomic mass is 10.0. The molecule has 0 spiro atoms. The fourth-order valence-electron chi connectivity index (χ4n) is 2.08. The number of halogens is 6. The van der Waals surface area contributed by atoms with Crippen LogP contribution in [0.3, 0.4) is 0 Å². The standard InChI is InChI=1S/C14H7F6N5O2S2/c15-13(16,17)7-1-6(2-8(3-7)14(18,19)20)9-5-28-12(21-9)29-11-22-24-25(23-11)4-10(26)27/h1-3,5H,4H2,(H,26,27). The maximum atomic E-state index is 13.0. The lowest BCUT2D eigenvalue weighted by Gasteiger charge is -2.13. The second kappa shape index (κ2) is 7.62. The van der Waals surface area contributed by atoms with Gasteiger partial charge in [-0.05, 0) is 35.2 Å². The van der Waals surface area contributed by atoms with Crippen LogP contribution in [0, 0.1) is 0 Å². The first-order valence-corrected chi connectivity index (χ1v) is 9.04. The van der Waals surface area contributed by atoms with E-state index >= 15 is 0 Å². The molecule has 0 amide bonds. The van der Waals surface area contributed by atoms with Crippen LogP contribution in [0.5, 0.6) is 0 Å². The van der Waals surface area contributed by atoms with Crippen molar-refractivity contribution in [3.8, 4) is 11.3 Å². The van der Waals surface area contributed by atoms with E-state index in [2.05, 4.69) is 20.4 Å². The first kappa shape index (κ1) is 21.0. The molecule has 0 saturated heterocycles. The second-order valence-corrected chi connectivity index (χ2v) is 7.46. The van der Waals surface area contributed by atoms with Gasteiger partial charge in [-0.3, -0.25) is 4.79 Å². The Kier molecular flexibility index (Phi) is 5.53. The molecule has 0 bridgehead atoms. The number of carboxylic acid groups (broad SMARTS) is 1. The molecular weight excluding hydrogens is 448 g/mol. The van der Waals surface area contributed by atoms with Crippen molar-refractivity contribution in [2.75, 3.05) is 0 Å². The van der Waals surface area contributed by atoms with Crippen molar-refractivity contribution in [2.24, 2.45) is 0 Å². The number of alkyl halides is 6. The first-order valence-electron chi connectivity index (χ1n) is 7.34. The quantitative estimate of drug-likeness (QED) is 0.580. The van der Waals surface area contributed by atoms with Crippen molar-refractivity contribution in [3.05, 3.63) is 34.7 Å². The molecule has 29 heavy (non-hydrogen) atoms. The number of benzene rings is 1. The van der Waals surface area contributed by atoms with Crippen molar-refractivity contribution in [1.29, 1.82) is 0 Å². The van der Waals surface area contributed by atoms with Crippen molar-refractivity contribution in [3.63, 3.8) is 0 Å². The van der Waals surface area contributed by atoms with E-state index in [1.165, 1.54) is 5.38 Å². The number of thiazole rings is 1. The number of nitrogens with zero attached hydrogens (tertiary/aromatic N) is 5. The largest absolute Gasteiger partial charge is 0.480 e. The monoisotopic (exact) mass is 455 g/mol. The summed E-state index contributed by atoms with van der Waals surface area (Å²) in [5.74, 6) is -1.19. The van der Waals surface area contributed by atoms with E-state index in [0.29, 0.717) is 12.1 Å². The molecule has 2 aromatic heterocycles. The minimum atomic E-state index is -4.96. The topological polar surface area (TPSA) is 93.8 Å². The second-order valence-electron chi connectivity index (χ2n) is 5.39. The van der Waals surface area contributed by atoms with E-state index < -0.39 is 36.0 Å². The van der Waals surface area contributed by atoms with E-state index in [0.717, 1.165) is 27.9 Å². The summed E-state index contributed by atoms with van der Waals surface area (Å²) in [4.78, 5) is 15.4. The average Bonchev–Trinajstić information content (AvgIpc) is 3.22. The summed E-state index contributed by atoms with van der Waals surface area (Å²) < 4.78 is 78.1. The summed E-state index contributed by atoms with van der Waals surface area (Å²) in [6.07, 6.45) is -9.92. The van der Waals surface area contributed by atoms with Gasteiger partial charge in [0.2, 0.25) is 5.16 Å². The van der Waals surface area contributed by atoms with Gasteiger partial charge in [-0.15, -0.1) is 21.5 Å². The molecular formula is C14H7F6N5O2S2. The van der Waals surface area contributed by atoms with Crippen molar-refractivity contribution >= 4 is 29.1 Å². The Bertz CT molecular complexity index is 1010. The van der Waals surface area contributed by atoms with Crippen LogP contribution < -0.4 is 0 Å². The van der Waals surface area contributed by atoms with Gasteiger partial charge in [0.05, 0.1) is 16.8 Å². The SMILES string of the molecule is O=C(O)Cn1nnc(Sc2nc(-c3cc(C(F)(F)F)cc(C(F)(F)F)c3)cs2)n1. The minimum Gasteiger partial charge on any atom is -0.480 e. The van der Waals surface area contributed by atoms with Gasteiger partial charge >= 0.3 is 18.3 Å². The molecule has 0 atom stereocenters. The highest BCUT2D eigenvalue weighted by Crippen LogP contribution is 2.39. The van der Waals surface area contributed by atoms with E-state index in [9.17, 15) is 31.1 Å². The molecule has 0 fully saturated rings. The summed E-state index contributed by atoms with van der Waals surface area (Å²) in [6, 6.07) is 1.20. The zero-order valence-corrected chi connectivity index (χ0v) is 15.3. The van der Waals surface area contributed by atoms with Crippen molar-refractivity contribution < 1.29 is 36.2 Å². The maximum absolute atomic E-state index is 13.0. The fourth-order valence-corrected chi connectivity index (χ4v) is 3.70. The van der Waals surface area contributed by atoms with Crippen LogP contribution in [-0.2, 0) is 23.7 Å². The summed E-state index contributed by atoms with van der Waals surface area (Å²) in [7, 11) is 0. The van der Waals surface area contributed by atoms with Crippen molar-refractivity contribution in [2.45, 2.75) is 28.4 Å². The lowest BCUT2D eigenvalue weighted by molar-refractivity contribution is -0.143. The number of hydrogen-bond acceptors (Lipinski definition) is 7. The maximum Gasteiger partial charge on any atom is 0.416 e. The third-order valence-electron chi connectivity index (χ3n) is 3.26. The number of tetrazole rings is 1. The average molecular weight is 455 g/mol. The predicted molar refractivity (Wildman–Crippen MR) is 87.1 cm³/mol. The van der Waals surface area contributed by atoms with Crippen LogP contribution in [0.15, 0.2) is 33.1 Å². The normalized spacial score (nSPS) is 12.3. The van der Waals surface area contributed by atoms with E-state index in [4.69, 9.17) is 5.11 Å². The van der Waals surface area contributed by atoms with Crippen LogP contribution in [0.1, 0.15) is 11.1 Å². The van der Waals surface area contributed by atoms with Crippen molar-refractivity contribution in [1.82, 2.24) is 25.2 Å². The predicted octanol–water partition coefficient (Wildman–Crippen LogP) is 4.07. The molecule has 2 heterocycles. The molecule has 1 aromatic carbocycles. The Morgan fingerprint density at radius 2 is 1.72 bits per heavy atom. The Balaban J connectivity index is 1.89. The molecule has 7 nitrogen and oxygen atoms in total. The van der Waals surface area contributed by atoms with Crippen LogP contribution in [0.4, 0.5) is 26.3 Å². The highest BCUT2D eigenvalue weighted by atomic mass is 32.2. The summed E-state index contributed by atoms with van der Waals surface area (Å²) in [6.45, 7) is -0.527. The molecule has 0 aliphatic heterocycles. The minimum absolute atomic E-state index is 0.0205. The highest BCUT2D eigenvalue weighted by Gasteiger charge is 2.37. The van der Waals surface area contributed by atoms with E-state index in [1.54, 1.807) is 0 Å². The van der Waals surface area contributed by atoms with Gasteiger partial charge in [0, 0.05) is 10.9 Å². The van der Waals surface area contributed by atoms with Gasteiger partial charge in [-0.2, -0.15) is 31.1 Å². The van der Waals surface area contributed by atoms with Gasteiger partial charge in [-0.1, -0.05) is 0 Å². The molecule has 3 rings (SSSR count). The Labute approximate surface area is 165 Å². The van der Waals surface area contributed by atoms with Crippen LogP contribution in [-0.4, -0.2) is 36.3 Å². The summed E-state index contributed by atoms with van der Waals surface area (Å²) in [5, 5.41) is 20.8. The Morgan fingerprint density at radius 3 is 2.28 bits per heavy atom. The van der Waals surface area contributed by atoms with Gasteiger partial charge in [0.15, 0.2) is 10.9 Å². The van der Waals surface area contributed by atoms with Crippen LogP contribution >= 0.6 is 23.1 Å². The Hall–Kier alpha value is -2.68. The number of hydrogen-bond donors (Lipinski definition) is 1. The molecule has 0 unspecified atom stereocenters. The summed E-state index contributed by atoms with van der Waals surface area (Å²) >= 11 is 1.78. The Morgan fingerprint density at radius 1 is 1.10 bits per heavy atom. The molecule has 154 valence electrons. The molecule has 15 heteroatoms. The molecule has 3 aromatic rings.